The number of aliphatic hydroxyl groups is 1. The van der Waals surface area contributed by atoms with Crippen LogP contribution in [0.1, 0.15) is 25.1 Å². The van der Waals surface area contributed by atoms with Gasteiger partial charge in [0.2, 0.25) is 0 Å². The van der Waals surface area contributed by atoms with Crippen molar-refractivity contribution < 1.29 is 14.6 Å². The van der Waals surface area contributed by atoms with Gasteiger partial charge in [0.05, 0.1) is 12.8 Å². The third-order valence-corrected chi connectivity index (χ3v) is 2.73. The number of hydrogen-bond donors (Lipinski definition) is 1. The second-order valence-corrected chi connectivity index (χ2v) is 4.48. The molecule has 1 aromatic heterocycles. The van der Waals surface area contributed by atoms with Crippen LogP contribution in [0.3, 0.4) is 0 Å². The van der Waals surface area contributed by atoms with Crippen LogP contribution in [0.15, 0.2) is 6.20 Å². The van der Waals surface area contributed by atoms with Crippen molar-refractivity contribution in [2.45, 2.75) is 32.3 Å². The van der Waals surface area contributed by atoms with Crippen LogP contribution in [0, 0.1) is 6.92 Å². The second-order valence-electron chi connectivity index (χ2n) is 4.48. The minimum Gasteiger partial charge on any atom is -0.467 e. The van der Waals surface area contributed by atoms with Crippen LogP contribution in [0.2, 0.25) is 0 Å². The second kappa shape index (κ2) is 4.25. The summed E-state index contributed by atoms with van der Waals surface area (Å²) in [4.78, 5) is 11.3. The van der Waals surface area contributed by atoms with E-state index in [-0.39, 0.29) is 0 Å². The van der Waals surface area contributed by atoms with Crippen LogP contribution in [-0.4, -0.2) is 34.1 Å². The summed E-state index contributed by atoms with van der Waals surface area (Å²) in [6.07, 6.45) is 0.632. The third kappa shape index (κ3) is 2.09. The number of aromatic nitrogens is 2. The molecule has 1 rings (SSSR count). The van der Waals surface area contributed by atoms with Gasteiger partial charge in [0.15, 0.2) is 6.10 Å². The summed E-state index contributed by atoms with van der Waals surface area (Å²) >= 11 is 0. The fraction of sp³-hybridized carbons (Fsp3) is 0.636. The van der Waals surface area contributed by atoms with Crippen molar-refractivity contribution in [1.82, 2.24) is 9.78 Å². The highest BCUT2D eigenvalue weighted by molar-refractivity contribution is 5.76. The van der Waals surface area contributed by atoms with Gasteiger partial charge in [-0.15, -0.1) is 0 Å². The molecule has 1 heterocycles. The number of ether oxygens (including phenoxy) is 1. The van der Waals surface area contributed by atoms with E-state index in [1.165, 1.54) is 7.11 Å². The number of aryl methyl sites for hydroxylation is 2. The first-order valence-electron chi connectivity index (χ1n) is 5.07. The molecular weight excluding hydrogens is 208 g/mol. The van der Waals surface area contributed by atoms with Gasteiger partial charge in [0, 0.05) is 18.7 Å². The Morgan fingerprint density at radius 3 is 2.56 bits per heavy atom. The maximum atomic E-state index is 11.3. The van der Waals surface area contributed by atoms with Crippen molar-refractivity contribution in [3.8, 4) is 0 Å². The summed E-state index contributed by atoms with van der Waals surface area (Å²) < 4.78 is 6.21. The van der Waals surface area contributed by atoms with Crippen molar-refractivity contribution in [1.29, 1.82) is 0 Å². The average molecular weight is 226 g/mol. The first-order valence-corrected chi connectivity index (χ1v) is 5.07. The Labute approximate surface area is 95.0 Å². The van der Waals surface area contributed by atoms with Gasteiger partial charge in [-0.1, -0.05) is 13.8 Å². The number of rotatable bonds is 3. The number of methoxy groups -OCH3 is 1. The molecule has 5 nitrogen and oxygen atoms in total. The maximum absolute atomic E-state index is 11.3. The summed E-state index contributed by atoms with van der Waals surface area (Å²) in [5, 5.41) is 14.2. The summed E-state index contributed by atoms with van der Waals surface area (Å²) in [6, 6.07) is 0. The minimum absolute atomic E-state index is 0.643. The van der Waals surface area contributed by atoms with Gasteiger partial charge in [-0.05, 0) is 12.5 Å². The molecule has 90 valence electrons. The number of aliphatic hydroxyl groups excluding tert-OH is 1. The molecule has 1 aromatic rings. The Morgan fingerprint density at radius 2 is 2.19 bits per heavy atom. The smallest absolute Gasteiger partial charge is 0.335 e. The molecule has 1 unspecified atom stereocenters. The van der Waals surface area contributed by atoms with Crippen LogP contribution in [0.4, 0.5) is 0 Å². The molecule has 0 spiro atoms. The monoisotopic (exact) mass is 226 g/mol. The van der Waals surface area contributed by atoms with Gasteiger partial charge in [-0.25, -0.2) is 4.79 Å². The zero-order chi connectivity index (χ0) is 12.5. The van der Waals surface area contributed by atoms with Crippen LogP contribution < -0.4 is 0 Å². The molecule has 16 heavy (non-hydrogen) atoms. The molecule has 0 aliphatic heterocycles. The lowest BCUT2D eigenvalue weighted by Crippen LogP contribution is -2.41. The van der Waals surface area contributed by atoms with Crippen molar-refractivity contribution in [2.75, 3.05) is 7.11 Å². The van der Waals surface area contributed by atoms with E-state index in [2.05, 4.69) is 9.84 Å². The average Bonchev–Trinajstić information content (AvgIpc) is 2.56. The zero-order valence-corrected chi connectivity index (χ0v) is 10.3. The molecule has 0 bridgehead atoms. The predicted octanol–water partition coefficient (Wildman–Crippen LogP) is 0.540. The lowest BCUT2D eigenvalue weighted by molar-refractivity contribution is -0.154. The van der Waals surface area contributed by atoms with E-state index in [1.807, 2.05) is 13.1 Å². The Morgan fingerprint density at radius 1 is 1.62 bits per heavy atom. The summed E-state index contributed by atoms with van der Waals surface area (Å²) in [6.45, 7) is 5.43. The molecule has 0 aliphatic carbocycles. The van der Waals surface area contributed by atoms with E-state index in [4.69, 9.17) is 0 Å². The van der Waals surface area contributed by atoms with Gasteiger partial charge in [-0.2, -0.15) is 5.10 Å². The third-order valence-electron chi connectivity index (χ3n) is 2.73. The van der Waals surface area contributed by atoms with E-state index in [1.54, 1.807) is 25.6 Å². The van der Waals surface area contributed by atoms with E-state index in [9.17, 15) is 9.90 Å². The van der Waals surface area contributed by atoms with Crippen molar-refractivity contribution in [2.24, 2.45) is 7.05 Å². The Balaban J connectivity index is 3.10. The zero-order valence-electron chi connectivity index (χ0n) is 10.3. The molecule has 0 saturated carbocycles. The fourth-order valence-electron chi connectivity index (χ4n) is 1.78. The number of carbonyl (C=O) groups is 1. The molecule has 0 fully saturated rings. The number of esters is 1. The summed E-state index contributed by atoms with van der Waals surface area (Å²) in [5.74, 6) is -0.643. The Kier molecular flexibility index (Phi) is 3.38. The van der Waals surface area contributed by atoms with E-state index in [0.29, 0.717) is 5.69 Å². The Hall–Kier alpha value is -1.36. The SMILES string of the molecule is COC(=O)C(O)C(C)(C)c1nn(C)cc1C. The molecule has 1 atom stereocenters. The number of nitrogens with zero attached hydrogens (tertiary/aromatic N) is 2. The van der Waals surface area contributed by atoms with Gasteiger partial charge in [0.1, 0.15) is 0 Å². The van der Waals surface area contributed by atoms with Crippen LogP contribution in [-0.2, 0) is 22.0 Å². The highest BCUT2D eigenvalue weighted by Gasteiger charge is 2.38. The molecule has 0 radical (unpaired) electrons. The first kappa shape index (κ1) is 12.7. The van der Waals surface area contributed by atoms with E-state index < -0.39 is 17.5 Å². The van der Waals surface area contributed by atoms with E-state index in [0.717, 1.165) is 5.56 Å². The van der Waals surface area contributed by atoms with Crippen molar-refractivity contribution >= 4 is 5.97 Å². The fourth-order valence-corrected chi connectivity index (χ4v) is 1.78. The van der Waals surface area contributed by atoms with Crippen LogP contribution in [0.25, 0.3) is 0 Å². The lowest BCUT2D eigenvalue weighted by atomic mass is 9.81. The van der Waals surface area contributed by atoms with Crippen molar-refractivity contribution in [3.63, 3.8) is 0 Å². The van der Waals surface area contributed by atoms with E-state index >= 15 is 0 Å². The first-order chi connectivity index (χ1) is 7.30. The molecule has 0 saturated heterocycles. The number of carbonyl (C=O) groups excluding carboxylic acids is 1. The van der Waals surface area contributed by atoms with Gasteiger partial charge in [-0.3, -0.25) is 4.68 Å². The minimum atomic E-state index is -1.22. The molecular formula is C11H18N2O3. The molecule has 0 amide bonds. The quantitative estimate of drug-likeness (QED) is 0.764. The predicted molar refractivity (Wildman–Crippen MR) is 59.0 cm³/mol. The normalized spacial score (nSPS) is 13.6. The standard InChI is InChI=1S/C11H18N2O3/c1-7-6-13(4)12-8(7)11(2,3)9(14)10(15)16-5/h6,9,14H,1-5H3. The highest BCUT2D eigenvalue weighted by atomic mass is 16.5. The molecule has 0 aliphatic rings. The molecule has 5 heteroatoms. The summed E-state index contributed by atoms with van der Waals surface area (Å²) in [7, 11) is 3.06. The Bertz CT molecular complexity index is 396. The topological polar surface area (TPSA) is 64.3 Å². The lowest BCUT2D eigenvalue weighted by Gasteiger charge is -2.27. The molecule has 0 aromatic carbocycles. The van der Waals surface area contributed by atoms with Gasteiger partial charge < -0.3 is 9.84 Å². The van der Waals surface area contributed by atoms with Crippen LogP contribution in [0.5, 0.6) is 0 Å². The van der Waals surface area contributed by atoms with Gasteiger partial charge >= 0.3 is 5.97 Å². The van der Waals surface area contributed by atoms with Gasteiger partial charge in [0.25, 0.3) is 0 Å². The maximum Gasteiger partial charge on any atom is 0.335 e. The van der Waals surface area contributed by atoms with Crippen molar-refractivity contribution in [3.05, 3.63) is 17.5 Å². The molecule has 1 N–H and O–H groups in total. The van der Waals surface area contributed by atoms with Crippen LogP contribution >= 0.6 is 0 Å². The highest BCUT2D eigenvalue weighted by Crippen LogP contribution is 2.28. The summed E-state index contributed by atoms with van der Waals surface area (Å²) in [5.41, 5.74) is 0.877. The number of hydrogen-bond acceptors (Lipinski definition) is 4. The largest absolute Gasteiger partial charge is 0.467 e.